The number of nitrogens with one attached hydrogen (secondary N) is 2. The molecule has 11 nitrogen and oxygen atoms in total. The fourth-order valence-electron chi connectivity index (χ4n) is 2.06. The van der Waals surface area contributed by atoms with E-state index in [1.807, 2.05) is 0 Å². The van der Waals surface area contributed by atoms with Crippen LogP contribution in [0.5, 0.6) is 0 Å². The van der Waals surface area contributed by atoms with E-state index in [0.717, 1.165) is 0 Å². The molecule has 0 aromatic carbocycles. The Hall–Kier alpha value is -2.69. The van der Waals surface area contributed by atoms with Crippen LogP contribution in [0, 0.1) is 5.92 Å². The van der Waals surface area contributed by atoms with Crippen molar-refractivity contribution < 1.29 is 39.3 Å². The number of carboxylic acid groups (broad SMARTS) is 3. The van der Waals surface area contributed by atoms with Crippen LogP contribution in [0.2, 0.25) is 0 Å². The molecule has 0 aliphatic rings. The van der Waals surface area contributed by atoms with Crippen molar-refractivity contribution >= 4 is 29.7 Å². The maximum Gasteiger partial charge on any atom is 0.326 e. The van der Waals surface area contributed by atoms with Gasteiger partial charge in [-0.15, -0.1) is 0 Å². The van der Waals surface area contributed by atoms with Gasteiger partial charge in [0.05, 0.1) is 12.5 Å². The van der Waals surface area contributed by atoms with Crippen LogP contribution < -0.4 is 16.4 Å². The largest absolute Gasteiger partial charge is 0.481 e. The number of hydrogen-bond donors (Lipinski definition) is 6. The molecule has 0 aliphatic heterocycles. The molecule has 3 unspecified atom stereocenters. The van der Waals surface area contributed by atoms with Gasteiger partial charge in [-0.1, -0.05) is 13.8 Å². The lowest BCUT2D eigenvalue weighted by atomic mass is 10.0. The Morgan fingerprint density at radius 2 is 1.42 bits per heavy atom. The SMILES string of the molecule is CC(C)CC(NC(=O)C(N)CC(=O)O)C(=O)NC(CCC(=O)O)C(=O)O. The van der Waals surface area contributed by atoms with Gasteiger partial charge >= 0.3 is 17.9 Å². The molecule has 0 spiro atoms. The number of amides is 2. The van der Waals surface area contributed by atoms with Crippen LogP contribution in [0.3, 0.4) is 0 Å². The Kier molecular flexibility index (Phi) is 9.89. The van der Waals surface area contributed by atoms with Crippen LogP contribution in [0.15, 0.2) is 0 Å². The Morgan fingerprint density at radius 1 is 0.885 bits per heavy atom. The van der Waals surface area contributed by atoms with Crippen molar-refractivity contribution in [1.29, 1.82) is 0 Å². The number of carbonyl (C=O) groups is 5. The lowest BCUT2D eigenvalue weighted by Crippen LogP contribution is -2.55. The van der Waals surface area contributed by atoms with E-state index in [4.69, 9.17) is 21.1 Å². The smallest absolute Gasteiger partial charge is 0.326 e. The van der Waals surface area contributed by atoms with E-state index in [1.165, 1.54) is 0 Å². The molecule has 0 aliphatic carbocycles. The fourth-order valence-corrected chi connectivity index (χ4v) is 2.06. The van der Waals surface area contributed by atoms with Gasteiger partial charge in [0.2, 0.25) is 11.8 Å². The summed E-state index contributed by atoms with van der Waals surface area (Å²) in [6, 6.07) is -3.93. The zero-order valence-corrected chi connectivity index (χ0v) is 14.6. The van der Waals surface area contributed by atoms with E-state index >= 15 is 0 Å². The van der Waals surface area contributed by atoms with Crippen molar-refractivity contribution in [3.63, 3.8) is 0 Å². The van der Waals surface area contributed by atoms with E-state index in [9.17, 15) is 24.0 Å². The number of rotatable bonds is 12. The van der Waals surface area contributed by atoms with Gasteiger partial charge in [0.15, 0.2) is 0 Å². The Bertz CT molecular complexity index is 549. The van der Waals surface area contributed by atoms with Gasteiger partial charge in [0, 0.05) is 6.42 Å². The second-order valence-corrected chi connectivity index (χ2v) is 6.23. The molecule has 0 saturated carbocycles. The molecular weight excluding hydrogens is 350 g/mol. The lowest BCUT2D eigenvalue weighted by molar-refractivity contribution is -0.144. The maximum absolute atomic E-state index is 12.3. The molecule has 0 fully saturated rings. The normalized spacial score (nSPS) is 14.2. The second kappa shape index (κ2) is 11.0. The molecule has 7 N–H and O–H groups in total. The van der Waals surface area contributed by atoms with Gasteiger partial charge < -0.3 is 31.7 Å². The van der Waals surface area contributed by atoms with E-state index in [2.05, 4.69) is 10.6 Å². The van der Waals surface area contributed by atoms with Gasteiger partial charge in [-0.25, -0.2) is 4.79 Å². The number of carbonyl (C=O) groups excluding carboxylic acids is 2. The molecule has 2 amide bonds. The Labute approximate surface area is 149 Å². The van der Waals surface area contributed by atoms with Crippen LogP contribution in [-0.2, 0) is 24.0 Å². The molecule has 148 valence electrons. The van der Waals surface area contributed by atoms with Crippen LogP contribution in [0.4, 0.5) is 0 Å². The summed E-state index contributed by atoms with van der Waals surface area (Å²) < 4.78 is 0. The number of carboxylic acids is 3. The molecule has 0 bridgehead atoms. The Balaban J connectivity index is 5.05. The van der Waals surface area contributed by atoms with Gasteiger partial charge in [-0.05, 0) is 18.8 Å². The van der Waals surface area contributed by atoms with E-state index in [-0.39, 0.29) is 18.8 Å². The summed E-state index contributed by atoms with van der Waals surface area (Å²) in [6.07, 6.45) is -1.25. The van der Waals surface area contributed by atoms with Gasteiger partial charge in [0.25, 0.3) is 0 Å². The average molecular weight is 375 g/mol. The van der Waals surface area contributed by atoms with Crippen molar-refractivity contribution in [2.24, 2.45) is 11.7 Å². The first-order chi connectivity index (χ1) is 11.9. The van der Waals surface area contributed by atoms with E-state index in [0.29, 0.717) is 0 Å². The molecule has 0 rings (SSSR count). The summed E-state index contributed by atoms with van der Waals surface area (Å²) in [5.41, 5.74) is 5.44. The van der Waals surface area contributed by atoms with Crippen LogP contribution in [0.1, 0.15) is 39.5 Å². The monoisotopic (exact) mass is 375 g/mol. The predicted octanol–water partition coefficient (Wildman–Crippen LogP) is -1.25. The molecule has 26 heavy (non-hydrogen) atoms. The number of nitrogens with two attached hydrogens (primary N) is 1. The molecule has 0 aromatic rings. The summed E-state index contributed by atoms with van der Waals surface area (Å²) in [6.45, 7) is 3.53. The molecule has 0 saturated heterocycles. The minimum atomic E-state index is -1.43. The molecular formula is C15H25N3O8. The van der Waals surface area contributed by atoms with E-state index in [1.54, 1.807) is 13.8 Å². The van der Waals surface area contributed by atoms with Crippen LogP contribution in [-0.4, -0.2) is 63.2 Å². The molecule has 0 radical (unpaired) electrons. The molecule has 0 heterocycles. The minimum absolute atomic E-state index is 0.0518. The molecule has 3 atom stereocenters. The highest BCUT2D eigenvalue weighted by molar-refractivity contribution is 5.93. The van der Waals surface area contributed by atoms with Crippen LogP contribution >= 0.6 is 0 Å². The Morgan fingerprint density at radius 3 is 1.85 bits per heavy atom. The first kappa shape index (κ1) is 23.3. The topological polar surface area (TPSA) is 196 Å². The number of aliphatic carboxylic acids is 3. The van der Waals surface area contributed by atoms with Crippen molar-refractivity contribution in [2.75, 3.05) is 0 Å². The third kappa shape index (κ3) is 9.57. The molecule has 11 heteroatoms. The van der Waals surface area contributed by atoms with Crippen molar-refractivity contribution in [2.45, 2.75) is 57.7 Å². The zero-order chi connectivity index (χ0) is 20.4. The second-order valence-electron chi connectivity index (χ2n) is 6.23. The summed E-state index contributed by atoms with van der Waals surface area (Å²) >= 11 is 0. The standard InChI is InChI=1S/C15H25N3O8/c1-7(2)5-10(18-13(23)8(16)6-12(21)22)14(24)17-9(15(25)26)3-4-11(19)20/h7-10H,3-6,16H2,1-2H3,(H,17,24)(H,18,23)(H,19,20)(H,21,22)(H,25,26). The highest BCUT2D eigenvalue weighted by atomic mass is 16.4. The third-order valence-electron chi connectivity index (χ3n) is 3.33. The molecule has 0 aromatic heterocycles. The highest BCUT2D eigenvalue weighted by Crippen LogP contribution is 2.07. The van der Waals surface area contributed by atoms with Crippen molar-refractivity contribution in [3.05, 3.63) is 0 Å². The first-order valence-corrected chi connectivity index (χ1v) is 7.96. The highest BCUT2D eigenvalue weighted by Gasteiger charge is 2.29. The van der Waals surface area contributed by atoms with Crippen molar-refractivity contribution in [3.8, 4) is 0 Å². The lowest BCUT2D eigenvalue weighted by Gasteiger charge is -2.23. The van der Waals surface area contributed by atoms with Gasteiger partial charge in [-0.2, -0.15) is 0 Å². The third-order valence-corrected chi connectivity index (χ3v) is 3.33. The summed E-state index contributed by atoms with van der Waals surface area (Å²) in [4.78, 5) is 56.6. The average Bonchev–Trinajstić information content (AvgIpc) is 2.48. The summed E-state index contributed by atoms with van der Waals surface area (Å²) in [5, 5.41) is 30.9. The van der Waals surface area contributed by atoms with E-state index < -0.39 is 60.7 Å². The summed E-state index contributed by atoms with van der Waals surface area (Å²) in [5.74, 6) is -5.62. The van der Waals surface area contributed by atoms with Crippen molar-refractivity contribution in [1.82, 2.24) is 10.6 Å². The van der Waals surface area contributed by atoms with Gasteiger partial charge in [0.1, 0.15) is 12.1 Å². The van der Waals surface area contributed by atoms with Crippen LogP contribution in [0.25, 0.3) is 0 Å². The zero-order valence-electron chi connectivity index (χ0n) is 14.6. The predicted molar refractivity (Wildman–Crippen MR) is 88.1 cm³/mol. The van der Waals surface area contributed by atoms with Gasteiger partial charge in [-0.3, -0.25) is 19.2 Å². The quantitative estimate of drug-likeness (QED) is 0.241. The number of hydrogen-bond acceptors (Lipinski definition) is 6. The summed E-state index contributed by atoms with van der Waals surface area (Å²) in [7, 11) is 0. The fraction of sp³-hybridized carbons (Fsp3) is 0.667. The minimum Gasteiger partial charge on any atom is -0.481 e. The maximum atomic E-state index is 12.3. The first-order valence-electron chi connectivity index (χ1n) is 7.96.